The Bertz CT molecular complexity index is 1130. The summed E-state index contributed by atoms with van der Waals surface area (Å²) in [5.74, 6) is 0.252. The molecule has 0 spiro atoms. The zero-order chi connectivity index (χ0) is 17.0. The van der Waals surface area contributed by atoms with E-state index in [-0.39, 0.29) is 11.7 Å². The third-order valence-corrected chi connectivity index (χ3v) is 5.18. The van der Waals surface area contributed by atoms with Gasteiger partial charge in [0.1, 0.15) is 5.65 Å². The van der Waals surface area contributed by atoms with Gasteiger partial charge in [-0.1, -0.05) is 48.5 Å². The van der Waals surface area contributed by atoms with Crippen molar-refractivity contribution in [2.75, 3.05) is 5.73 Å². The number of nitrogen functional groups attached to an aromatic ring is 1. The second-order valence-corrected chi connectivity index (χ2v) is 6.68. The van der Waals surface area contributed by atoms with Crippen molar-refractivity contribution in [1.29, 1.82) is 0 Å². The topological polar surface area (TPSA) is 71.8 Å². The minimum absolute atomic E-state index is 0.0901. The molecule has 122 valence electrons. The number of fused-ring (bicyclic) bond motifs is 4. The van der Waals surface area contributed by atoms with Gasteiger partial charge in [-0.25, -0.2) is 4.98 Å². The molecule has 4 heteroatoms. The number of hydrogen-bond acceptors (Lipinski definition) is 3. The Morgan fingerprint density at radius 1 is 1.00 bits per heavy atom. The lowest BCUT2D eigenvalue weighted by molar-refractivity contribution is 0.0964. The molecule has 1 aliphatic rings. The molecule has 5 rings (SSSR count). The number of ketones is 1. The second-order valence-electron chi connectivity index (χ2n) is 6.68. The van der Waals surface area contributed by atoms with Crippen LogP contribution < -0.4 is 5.73 Å². The van der Waals surface area contributed by atoms with Crippen molar-refractivity contribution in [3.63, 3.8) is 0 Å². The number of carbonyl (C=O) groups is 1. The average Bonchev–Trinajstić information content (AvgIpc) is 3.00. The number of H-pyrrole nitrogens is 1. The number of nitrogens with zero attached hydrogens (tertiary/aromatic N) is 1. The summed E-state index contributed by atoms with van der Waals surface area (Å²) in [7, 11) is 0. The van der Waals surface area contributed by atoms with Crippen LogP contribution in [0.1, 0.15) is 34.0 Å². The summed E-state index contributed by atoms with van der Waals surface area (Å²) in [6.45, 7) is 0. The van der Waals surface area contributed by atoms with Crippen LogP contribution in [0.3, 0.4) is 0 Å². The van der Waals surface area contributed by atoms with Crippen LogP contribution in [0.4, 0.5) is 5.69 Å². The number of nitrogens with two attached hydrogens (primary N) is 1. The van der Waals surface area contributed by atoms with E-state index in [1.807, 2.05) is 42.5 Å². The number of pyridine rings is 1. The molecule has 4 nitrogen and oxygen atoms in total. The summed E-state index contributed by atoms with van der Waals surface area (Å²) in [6, 6.07) is 18.1. The van der Waals surface area contributed by atoms with Crippen LogP contribution in [0.25, 0.3) is 21.9 Å². The number of aromatic amines is 1. The van der Waals surface area contributed by atoms with E-state index < -0.39 is 0 Å². The number of carbonyl (C=O) groups excluding carboxylic acids is 1. The maximum absolute atomic E-state index is 12.9. The first-order chi connectivity index (χ1) is 12.2. The number of hydrogen-bond donors (Lipinski definition) is 2. The number of rotatable bonds is 1. The van der Waals surface area contributed by atoms with E-state index in [9.17, 15) is 4.79 Å². The molecule has 3 N–H and O–H groups in total. The summed E-state index contributed by atoms with van der Waals surface area (Å²) < 4.78 is 0. The molecule has 2 heterocycles. The maximum Gasteiger partial charge on any atom is 0.167 e. The van der Waals surface area contributed by atoms with Crippen LogP contribution >= 0.6 is 0 Å². The van der Waals surface area contributed by atoms with E-state index in [2.05, 4.69) is 17.1 Å². The van der Waals surface area contributed by atoms with Gasteiger partial charge in [-0.2, -0.15) is 0 Å². The molecule has 0 saturated carbocycles. The van der Waals surface area contributed by atoms with E-state index in [1.165, 1.54) is 5.56 Å². The SMILES string of the molecule is Nc1c2c(nc3[nH]c4ccccc4c13)CC(c1ccccc1)CC2=O. The fourth-order valence-corrected chi connectivity index (χ4v) is 4.01. The first kappa shape index (κ1) is 14.2. The zero-order valence-corrected chi connectivity index (χ0v) is 13.6. The monoisotopic (exact) mass is 327 g/mol. The van der Waals surface area contributed by atoms with Crippen molar-refractivity contribution in [2.45, 2.75) is 18.8 Å². The molecule has 4 aromatic rings. The lowest BCUT2D eigenvalue weighted by atomic mass is 9.81. The lowest BCUT2D eigenvalue weighted by Crippen LogP contribution is -2.21. The normalized spacial score (nSPS) is 17.1. The first-order valence-electron chi connectivity index (χ1n) is 8.49. The summed E-state index contributed by atoms with van der Waals surface area (Å²) in [6.07, 6.45) is 1.22. The summed E-state index contributed by atoms with van der Waals surface area (Å²) in [5.41, 5.74) is 11.4. The van der Waals surface area contributed by atoms with Crippen molar-refractivity contribution < 1.29 is 4.79 Å². The third kappa shape index (κ3) is 2.07. The Hall–Kier alpha value is -3.14. The molecule has 2 aromatic carbocycles. The van der Waals surface area contributed by atoms with Crippen molar-refractivity contribution in [3.05, 3.63) is 71.4 Å². The molecule has 25 heavy (non-hydrogen) atoms. The predicted octanol–water partition coefficient (Wildman–Crippen LogP) is 4.21. The fraction of sp³-hybridized carbons (Fsp3) is 0.143. The van der Waals surface area contributed by atoms with Gasteiger partial charge in [0.2, 0.25) is 0 Å². The van der Waals surface area contributed by atoms with Gasteiger partial charge in [-0.3, -0.25) is 4.79 Å². The number of anilines is 1. The molecular weight excluding hydrogens is 310 g/mol. The molecule has 0 fully saturated rings. The molecule has 0 saturated heterocycles. The minimum atomic E-state index is 0.0901. The van der Waals surface area contributed by atoms with Crippen LogP contribution in [-0.4, -0.2) is 15.8 Å². The number of para-hydroxylation sites is 1. The molecule has 0 aliphatic heterocycles. The van der Waals surface area contributed by atoms with Crippen LogP contribution in [0.5, 0.6) is 0 Å². The van der Waals surface area contributed by atoms with Gasteiger partial charge in [0, 0.05) is 17.3 Å². The molecular formula is C21H17N3O. The van der Waals surface area contributed by atoms with E-state index in [4.69, 9.17) is 10.7 Å². The number of benzene rings is 2. The van der Waals surface area contributed by atoms with Gasteiger partial charge in [0.05, 0.1) is 22.3 Å². The Labute approximate surface area is 144 Å². The van der Waals surface area contributed by atoms with Gasteiger partial charge in [-0.15, -0.1) is 0 Å². The number of aromatic nitrogens is 2. The van der Waals surface area contributed by atoms with Crippen molar-refractivity contribution in [3.8, 4) is 0 Å². The highest BCUT2D eigenvalue weighted by molar-refractivity contribution is 6.17. The van der Waals surface area contributed by atoms with Gasteiger partial charge in [-0.05, 0) is 24.0 Å². The third-order valence-electron chi connectivity index (χ3n) is 5.18. The molecule has 0 amide bonds. The molecule has 0 radical (unpaired) electrons. The highest BCUT2D eigenvalue weighted by atomic mass is 16.1. The summed E-state index contributed by atoms with van der Waals surface area (Å²) >= 11 is 0. The van der Waals surface area contributed by atoms with Crippen LogP contribution in [-0.2, 0) is 6.42 Å². The Balaban J connectivity index is 1.72. The maximum atomic E-state index is 12.9. The summed E-state index contributed by atoms with van der Waals surface area (Å²) in [4.78, 5) is 21.0. The molecule has 1 aliphatic carbocycles. The van der Waals surface area contributed by atoms with Crippen LogP contribution in [0.2, 0.25) is 0 Å². The highest BCUT2D eigenvalue weighted by Crippen LogP contribution is 2.39. The van der Waals surface area contributed by atoms with E-state index in [1.54, 1.807) is 0 Å². The van der Waals surface area contributed by atoms with Gasteiger partial charge < -0.3 is 10.7 Å². The van der Waals surface area contributed by atoms with Crippen LogP contribution in [0, 0.1) is 0 Å². The lowest BCUT2D eigenvalue weighted by Gasteiger charge is -2.24. The van der Waals surface area contributed by atoms with Crippen LogP contribution in [0.15, 0.2) is 54.6 Å². The standard InChI is InChI=1S/C21H17N3O/c22-20-18-14-8-4-5-9-15(14)23-21(18)24-16-10-13(11-17(25)19(16)20)12-6-2-1-3-7-12/h1-9,13H,10-11H2,(H3,22,23,24). The van der Waals surface area contributed by atoms with Gasteiger partial charge in [0.15, 0.2) is 5.78 Å². The number of Topliss-reactive ketones (excluding diaryl/α,β-unsaturated/α-hetero) is 1. The molecule has 0 bridgehead atoms. The Morgan fingerprint density at radius 3 is 2.60 bits per heavy atom. The van der Waals surface area contributed by atoms with Crippen molar-refractivity contribution in [2.24, 2.45) is 0 Å². The van der Waals surface area contributed by atoms with Gasteiger partial charge in [0.25, 0.3) is 0 Å². The van der Waals surface area contributed by atoms with Crippen molar-refractivity contribution >= 4 is 33.4 Å². The van der Waals surface area contributed by atoms with E-state index in [0.29, 0.717) is 17.7 Å². The number of nitrogens with one attached hydrogen (secondary N) is 1. The molecule has 1 atom stereocenters. The first-order valence-corrected chi connectivity index (χ1v) is 8.49. The highest BCUT2D eigenvalue weighted by Gasteiger charge is 2.30. The Kier molecular flexibility index (Phi) is 2.95. The molecule has 2 aromatic heterocycles. The minimum Gasteiger partial charge on any atom is -0.397 e. The zero-order valence-electron chi connectivity index (χ0n) is 13.6. The predicted molar refractivity (Wildman–Crippen MR) is 99.8 cm³/mol. The summed E-state index contributed by atoms with van der Waals surface area (Å²) in [5, 5.41) is 1.88. The second kappa shape index (κ2) is 5.18. The Morgan fingerprint density at radius 2 is 1.76 bits per heavy atom. The van der Waals surface area contributed by atoms with Crippen molar-refractivity contribution in [1.82, 2.24) is 9.97 Å². The van der Waals surface area contributed by atoms with E-state index in [0.717, 1.165) is 34.1 Å². The smallest absolute Gasteiger partial charge is 0.167 e. The fourth-order valence-electron chi connectivity index (χ4n) is 4.01. The largest absolute Gasteiger partial charge is 0.397 e. The molecule has 1 unspecified atom stereocenters. The van der Waals surface area contributed by atoms with E-state index >= 15 is 0 Å². The van der Waals surface area contributed by atoms with Gasteiger partial charge >= 0.3 is 0 Å². The average molecular weight is 327 g/mol. The quantitative estimate of drug-likeness (QED) is 0.550.